The Morgan fingerprint density at radius 3 is 2.64 bits per heavy atom. The SMILES string of the molecule is COc1ccc2c(c1)CCC1=C2NN(C(C)=O)C1c1ccc(F)cc1. The first-order chi connectivity index (χ1) is 12.1. The molecule has 0 saturated carbocycles. The van der Waals surface area contributed by atoms with Gasteiger partial charge in [0.05, 0.1) is 12.8 Å². The molecule has 1 heterocycles. The van der Waals surface area contributed by atoms with Crippen molar-refractivity contribution in [3.8, 4) is 5.75 Å². The highest BCUT2D eigenvalue weighted by Gasteiger charge is 2.38. The minimum absolute atomic E-state index is 0.0706. The van der Waals surface area contributed by atoms with E-state index in [-0.39, 0.29) is 17.8 Å². The zero-order valence-electron chi connectivity index (χ0n) is 14.2. The molecule has 5 heteroatoms. The number of hydrogen-bond donors (Lipinski definition) is 1. The summed E-state index contributed by atoms with van der Waals surface area (Å²) in [6.45, 7) is 1.54. The first-order valence-corrected chi connectivity index (χ1v) is 8.30. The van der Waals surface area contributed by atoms with Crippen molar-refractivity contribution >= 4 is 11.6 Å². The molecule has 0 radical (unpaired) electrons. The van der Waals surface area contributed by atoms with Crippen molar-refractivity contribution in [3.63, 3.8) is 0 Å². The van der Waals surface area contributed by atoms with Gasteiger partial charge in [-0.25, -0.2) is 9.40 Å². The predicted octanol–water partition coefficient (Wildman–Crippen LogP) is 3.60. The van der Waals surface area contributed by atoms with Crippen molar-refractivity contribution in [3.05, 3.63) is 70.5 Å². The van der Waals surface area contributed by atoms with E-state index >= 15 is 0 Å². The van der Waals surface area contributed by atoms with Crippen molar-refractivity contribution < 1.29 is 13.9 Å². The van der Waals surface area contributed by atoms with Crippen molar-refractivity contribution in [2.45, 2.75) is 25.8 Å². The van der Waals surface area contributed by atoms with Crippen molar-refractivity contribution in [1.82, 2.24) is 10.4 Å². The minimum atomic E-state index is -0.278. The fraction of sp³-hybridized carbons (Fsp3) is 0.250. The summed E-state index contributed by atoms with van der Waals surface area (Å²) in [5.74, 6) is 0.484. The largest absolute Gasteiger partial charge is 0.497 e. The maximum absolute atomic E-state index is 13.3. The summed E-state index contributed by atoms with van der Waals surface area (Å²) in [6, 6.07) is 12.2. The molecule has 0 aromatic heterocycles. The summed E-state index contributed by atoms with van der Waals surface area (Å²) >= 11 is 0. The Balaban J connectivity index is 1.81. The number of hydrazine groups is 1. The van der Waals surface area contributed by atoms with Gasteiger partial charge in [0.25, 0.3) is 0 Å². The van der Waals surface area contributed by atoms with E-state index in [1.54, 1.807) is 24.3 Å². The van der Waals surface area contributed by atoms with E-state index in [9.17, 15) is 9.18 Å². The summed E-state index contributed by atoms with van der Waals surface area (Å²) < 4.78 is 18.6. The van der Waals surface area contributed by atoms with Crippen LogP contribution in [0.5, 0.6) is 5.75 Å². The highest BCUT2D eigenvalue weighted by atomic mass is 19.1. The van der Waals surface area contributed by atoms with Crippen LogP contribution in [0.3, 0.4) is 0 Å². The van der Waals surface area contributed by atoms with Crippen LogP contribution in [0.2, 0.25) is 0 Å². The second-order valence-electron chi connectivity index (χ2n) is 6.38. The summed E-state index contributed by atoms with van der Waals surface area (Å²) in [5.41, 5.74) is 8.63. The fourth-order valence-corrected chi connectivity index (χ4v) is 3.72. The summed E-state index contributed by atoms with van der Waals surface area (Å²) in [5, 5.41) is 1.64. The number of amides is 1. The van der Waals surface area contributed by atoms with Gasteiger partial charge in [-0.05, 0) is 59.9 Å². The molecule has 2 aromatic carbocycles. The number of halogens is 1. The van der Waals surface area contributed by atoms with E-state index in [2.05, 4.69) is 5.43 Å². The molecule has 25 heavy (non-hydrogen) atoms. The molecule has 1 amide bonds. The van der Waals surface area contributed by atoms with Crippen molar-refractivity contribution in [2.75, 3.05) is 7.11 Å². The molecule has 2 aliphatic rings. The van der Waals surface area contributed by atoms with Gasteiger partial charge in [-0.1, -0.05) is 12.1 Å². The molecule has 128 valence electrons. The number of carbonyl (C=O) groups excluding carboxylic acids is 1. The van der Waals surface area contributed by atoms with Gasteiger partial charge in [0.2, 0.25) is 5.91 Å². The zero-order valence-corrected chi connectivity index (χ0v) is 14.2. The van der Waals surface area contributed by atoms with Gasteiger partial charge in [-0.3, -0.25) is 10.2 Å². The molecule has 4 nitrogen and oxygen atoms in total. The zero-order chi connectivity index (χ0) is 17.6. The Kier molecular flexibility index (Phi) is 3.71. The van der Waals surface area contributed by atoms with Gasteiger partial charge in [0, 0.05) is 12.5 Å². The molecule has 0 fully saturated rings. The molecular weight excluding hydrogens is 319 g/mol. The Morgan fingerprint density at radius 2 is 1.96 bits per heavy atom. The average molecular weight is 338 g/mol. The third-order valence-corrected chi connectivity index (χ3v) is 4.91. The van der Waals surface area contributed by atoms with E-state index in [1.165, 1.54) is 30.2 Å². The molecule has 1 unspecified atom stereocenters. The van der Waals surface area contributed by atoms with E-state index in [0.29, 0.717) is 0 Å². The van der Waals surface area contributed by atoms with Gasteiger partial charge in [0.1, 0.15) is 17.6 Å². The second-order valence-corrected chi connectivity index (χ2v) is 6.38. The number of carbonyl (C=O) groups is 1. The lowest BCUT2D eigenvalue weighted by molar-refractivity contribution is -0.132. The Bertz CT molecular complexity index is 874. The van der Waals surface area contributed by atoms with Crippen LogP contribution >= 0.6 is 0 Å². The number of fused-ring (bicyclic) bond motifs is 2. The first kappa shape index (κ1) is 15.7. The average Bonchev–Trinajstić information content (AvgIpc) is 3.02. The van der Waals surface area contributed by atoms with Gasteiger partial charge < -0.3 is 4.74 Å². The second kappa shape index (κ2) is 5.92. The fourth-order valence-electron chi connectivity index (χ4n) is 3.72. The third-order valence-electron chi connectivity index (χ3n) is 4.91. The van der Waals surface area contributed by atoms with Crippen LogP contribution in [-0.2, 0) is 11.2 Å². The van der Waals surface area contributed by atoms with E-state index in [0.717, 1.165) is 35.4 Å². The molecule has 1 aliphatic heterocycles. The molecule has 0 bridgehead atoms. The van der Waals surface area contributed by atoms with Crippen LogP contribution in [0.4, 0.5) is 4.39 Å². The first-order valence-electron chi connectivity index (χ1n) is 8.30. The van der Waals surface area contributed by atoms with Crippen LogP contribution in [-0.4, -0.2) is 18.0 Å². The van der Waals surface area contributed by atoms with E-state index < -0.39 is 0 Å². The van der Waals surface area contributed by atoms with Crippen LogP contribution in [0.1, 0.15) is 36.1 Å². The molecule has 1 atom stereocenters. The standard InChI is InChI=1S/C20H19FN2O2/c1-12(24)23-20(13-3-6-15(21)7-4-13)18-9-5-14-11-16(25-2)8-10-17(14)19(18)22-23/h3-4,6-8,10-11,20,22H,5,9H2,1-2H3. The van der Waals surface area contributed by atoms with Crippen LogP contribution in [0, 0.1) is 5.82 Å². The predicted molar refractivity (Wildman–Crippen MR) is 93.0 cm³/mol. The lowest BCUT2D eigenvalue weighted by atomic mass is 9.85. The quantitative estimate of drug-likeness (QED) is 0.910. The number of nitrogens with zero attached hydrogens (tertiary/aromatic N) is 1. The van der Waals surface area contributed by atoms with Gasteiger partial charge in [-0.2, -0.15) is 0 Å². The summed E-state index contributed by atoms with van der Waals surface area (Å²) in [4.78, 5) is 12.2. The van der Waals surface area contributed by atoms with Crippen LogP contribution < -0.4 is 10.2 Å². The highest BCUT2D eigenvalue weighted by Crippen LogP contribution is 2.44. The number of methoxy groups -OCH3 is 1. The molecule has 0 saturated heterocycles. The highest BCUT2D eigenvalue weighted by molar-refractivity contribution is 5.82. The third kappa shape index (κ3) is 2.56. The monoisotopic (exact) mass is 338 g/mol. The van der Waals surface area contributed by atoms with E-state index in [1.807, 2.05) is 18.2 Å². The Labute approximate surface area is 145 Å². The van der Waals surface area contributed by atoms with Gasteiger partial charge in [0.15, 0.2) is 0 Å². The lowest BCUT2D eigenvalue weighted by Gasteiger charge is -2.25. The number of hydrogen-bond acceptors (Lipinski definition) is 3. The number of rotatable bonds is 2. The number of aryl methyl sites for hydroxylation is 1. The van der Waals surface area contributed by atoms with Crippen LogP contribution in [0.25, 0.3) is 5.70 Å². The number of ether oxygens (including phenoxy) is 1. The van der Waals surface area contributed by atoms with Crippen molar-refractivity contribution in [1.29, 1.82) is 0 Å². The normalized spacial score (nSPS) is 18.5. The molecule has 1 N–H and O–H groups in total. The van der Waals surface area contributed by atoms with Crippen molar-refractivity contribution in [2.24, 2.45) is 0 Å². The topological polar surface area (TPSA) is 41.6 Å². The molecule has 0 spiro atoms. The summed E-state index contributed by atoms with van der Waals surface area (Å²) in [7, 11) is 1.66. The lowest BCUT2D eigenvalue weighted by Crippen LogP contribution is -2.38. The van der Waals surface area contributed by atoms with Gasteiger partial charge >= 0.3 is 0 Å². The Hall–Kier alpha value is -2.82. The van der Waals surface area contributed by atoms with E-state index in [4.69, 9.17) is 4.74 Å². The summed E-state index contributed by atoms with van der Waals surface area (Å²) in [6.07, 6.45) is 1.73. The number of nitrogens with one attached hydrogen (secondary N) is 1. The Morgan fingerprint density at radius 1 is 1.20 bits per heavy atom. The molecule has 4 rings (SSSR count). The molecule has 1 aliphatic carbocycles. The maximum atomic E-state index is 13.3. The maximum Gasteiger partial charge on any atom is 0.238 e. The smallest absolute Gasteiger partial charge is 0.238 e. The molecule has 2 aromatic rings. The minimum Gasteiger partial charge on any atom is -0.497 e. The van der Waals surface area contributed by atoms with Gasteiger partial charge in [-0.15, -0.1) is 0 Å². The molecular formula is C20H19FN2O2. The number of benzene rings is 2. The van der Waals surface area contributed by atoms with Crippen LogP contribution in [0.15, 0.2) is 48.0 Å².